The topological polar surface area (TPSA) is 52.3 Å². The van der Waals surface area contributed by atoms with Crippen LogP contribution < -0.4 is 4.74 Å². The van der Waals surface area contributed by atoms with Crippen molar-refractivity contribution >= 4 is 5.91 Å². The Morgan fingerprint density at radius 1 is 1.03 bits per heavy atom. The van der Waals surface area contributed by atoms with E-state index in [-0.39, 0.29) is 5.91 Å². The Labute approximate surface area is 187 Å². The first-order chi connectivity index (χ1) is 15.6. The molecule has 0 saturated carbocycles. The van der Waals surface area contributed by atoms with Crippen molar-refractivity contribution in [2.24, 2.45) is 0 Å². The van der Waals surface area contributed by atoms with Crippen LogP contribution in [0.4, 0.5) is 0 Å². The quantitative estimate of drug-likeness (QED) is 0.458. The lowest BCUT2D eigenvalue weighted by Crippen LogP contribution is -2.27. The van der Waals surface area contributed by atoms with E-state index in [4.69, 9.17) is 9.84 Å². The van der Waals surface area contributed by atoms with Crippen molar-refractivity contribution in [1.82, 2.24) is 19.2 Å². The largest absolute Gasteiger partial charge is 0.494 e. The van der Waals surface area contributed by atoms with Crippen molar-refractivity contribution < 1.29 is 9.53 Å². The van der Waals surface area contributed by atoms with Crippen molar-refractivity contribution in [2.45, 2.75) is 33.4 Å². The number of aromatic nitrogens is 3. The van der Waals surface area contributed by atoms with Gasteiger partial charge in [0.1, 0.15) is 11.6 Å². The van der Waals surface area contributed by atoms with Gasteiger partial charge in [0, 0.05) is 18.0 Å². The van der Waals surface area contributed by atoms with Crippen LogP contribution in [0.1, 0.15) is 29.3 Å². The zero-order chi connectivity index (χ0) is 22.1. The van der Waals surface area contributed by atoms with Gasteiger partial charge in [-0.1, -0.05) is 24.3 Å². The fraction of sp³-hybridized carbons (Fsp3) is 0.231. The highest BCUT2D eigenvalue weighted by Crippen LogP contribution is 2.31. The number of hydrogen-bond acceptors (Lipinski definition) is 3. The lowest BCUT2D eigenvalue weighted by atomic mass is 10.1. The van der Waals surface area contributed by atoms with E-state index >= 15 is 0 Å². The van der Waals surface area contributed by atoms with Crippen molar-refractivity contribution in [3.8, 4) is 17.3 Å². The van der Waals surface area contributed by atoms with E-state index in [1.807, 2.05) is 71.4 Å². The molecule has 5 rings (SSSR count). The van der Waals surface area contributed by atoms with E-state index in [0.29, 0.717) is 26.1 Å². The molecule has 6 nitrogen and oxygen atoms in total. The van der Waals surface area contributed by atoms with Gasteiger partial charge in [-0.15, -0.1) is 0 Å². The molecule has 0 unspecified atom stereocenters. The molecular weight excluding hydrogens is 400 g/mol. The fourth-order valence-corrected chi connectivity index (χ4v) is 4.22. The summed E-state index contributed by atoms with van der Waals surface area (Å²) in [6, 6.07) is 20.1. The standard InChI is InChI=1S/C26H26N4O2/c1-3-32-22-11-9-20(10-12-22)16-25(31)29-17-23-24(18-29)27-30(21-8-6-7-19(2)15-21)26(23)28-13-4-5-14-28/h4-15H,3,16-18H2,1-2H3. The van der Waals surface area contributed by atoms with E-state index in [0.717, 1.165) is 34.1 Å². The Morgan fingerprint density at radius 2 is 1.81 bits per heavy atom. The summed E-state index contributed by atoms with van der Waals surface area (Å²) in [4.78, 5) is 14.9. The second-order valence-corrected chi connectivity index (χ2v) is 8.09. The average Bonchev–Trinajstić information content (AvgIpc) is 3.51. The molecule has 0 N–H and O–H groups in total. The summed E-state index contributed by atoms with van der Waals surface area (Å²) in [5.74, 6) is 1.92. The number of benzene rings is 2. The Hall–Kier alpha value is -3.80. The molecule has 3 heterocycles. The van der Waals surface area contributed by atoms with Crippen LogP contribution in [-0.2, 0) is 24.3 Å². The number of carbonyl (C=O) groups excluding carboxylic acids is 1. The number of amides is 1. The summed E-state index contributed by atoms with van der Waals surface area (Å²) in [6.45, 7) is 5.76. The molecule has 0 atom stereocenters. The molecule has 0 saturated heterocycles. The Bertz CT molecular complexity index is 1240. The van der Waals surface area contributed by atoms with Gasteiger partial charge >= 0.3 is 0 Å². The molecule has 1 amide bonds. The molecule has 2 aromatic carbocycles. The van der Waals surface area contributed by atoms with E-state index < -0.39 is 0 Å². The molecule has 4 aromatic rings. The molecule has 0 fully saturated rings. The molecule has 6 heteroatoms. The molecule has 0 radical (unpaired) electrons. The second-order valence-electron chi connectivity index (χ2n) is 8.09. The molecule has 1 aliphatic heterocycles. The summed E-state index contributed by atoms with van der Waals surface area (Å²) in [6.07, 6.45) is 4.41. The Kier molecular flexibility index (Phi) is 5.27. The molecule has 0 aliphatic carbocycles. The number of carbonyl (C=O) groups is 1. The number of ether oxygens (including phenoxy) is 1. The van der Waals surface area contributed by atoms with Crippen LogP contribution in [0.15, 0.2) is 73.1 Å². The van der Waals surface area contributed by atoms with E-state index in [9.17, 15) is 4.79 Å². The van der Waals surface area contributed by atoms with Gasteiger partial charge in [0.05, 0.1) is 37.5 Å². The highest BCUT2D eigenvalue weighted by atomic mass is 16.5. The van der Waals surface area contributed by atoms with Gasteiger partial charge < -0.3 is 14.2 Å². The molecule has 32 heavy (non-hydrogen) atoms. The number of rotatable bonds is 6. The summed E-state index contributed by atoms with van der Waals surface area (Å²) < 4.78 is 9.56. The number of hydrogen-bond donors (Lipinski definition) is 0. The Balaban J connectivity index is 1.40. The van der Waals surface area contributed by atoms with Gasteiger partial charge in [-0.3, -0.25) is 4.79 Å². The minimum Gasteiger partial charge on any atom is -0.494 e. The van der Waals surface area contributed by atoms with Crippen LogP contribution >= 0.6 is 0 Å². The van der Waals surface area contributed by atoms with E-state index in [1.54, 1.807) is 0 Å². The van der Waals surface area contributed by atoms with E-state index in [2.05, 4.69) is 29.7 Å². The van der Waals surface area contributed by atoms with Gasteiger partial charge in [0.15, 0.2) is 0 Å². The third-order valence-electron chi connectivity index (χ3n) is 5.77. The monoisotopic (exact) mass is 426 g/mol. The minimum atomic E-state index is 0.104. The van der Waals surface area contributed by atoms with Crippen LogP contribution in [0.2, 0.25) is 0 Å². The maximum Gasteiger partial charge on any atom is 0.227 e. The second kappa shape index (κ2) is 8.38. The van der Waals surface area contributed by atoms with Crippen LogP contribution in [0, 0.1) is 6.92 Å². The predicted octanol–water partition coefficient (Wildman–Crippen LogP) is 4.46. The first kappa shape index (κ1) is 20.1. The Morgan fingerprint density at radius 3 is 2.53 bits per heavy atom. The van der Waals surface area contributed by atoms with Gasteiger partial charge in [-0.25, -0.2) is 4.68 Å². The molecule has 162 valence electrons. The van der Waals surface area contributed by atoms with Crippen molar-refractivity contribution in [2.75, 3.05) is 6.61 Å². The lowest BCUT2D eigenvalue weighted by Gasteiger charge is -2.18. The fourth-order valence-electron chi connectivity index (χ4n) is 4.22. The summed E-state index contributed by atoms with van der Waals surface area (Å²) in [7, 11) is 0. The van der Waals surface area contributed by atoms with Gasteiger partial charge in [0.25, 0.3) is 0 Å². The molecule has 2 aromatic heterocycles. The third kappa shape index (κ3) is 3.80. The van der Waals surface area contributed by atoms with Crippen LogP contribution in [-0.4, -0.2) is 31.8 Å². The van der Waals surface area contributed by atoms with Crippen molar-refractivity contribution in [3.05, 3.63) is 95.4 Å². The SMILES string of the molecule is CCOc1ccc(CC(=O)N2Cc3nn(-c4cccc(C)c4)c(-n4cccc4)c3C2)cc1. The summed E-state index contributed by atoms with van der Waals surface area (Å²) >= 11 is 0. The summed E-state index contributed by atoms with van der Waals surface area (Å²) in [5, 5.41) is 4.92. The predicted molar refractivity (Wildman–Crippen MR) is 123 cm³/mol. The maximum atomic E-state index is 13.0. The van der Waals surface area contributed by atoms with Crippen LogP contribution in [0.5, 0.6) is 5.75 Å². The van der Waals surface area contributed by atoms with Crippen LogP contribution in [0.25, 0.3) is 11.5 Å². The molecule has 0 spiro atoms. The minimum absolute atomic E-state index is 0.104. The lowest BCUT2D eigenvalue weighted by molar-refractivity contribution is -0.131. The van der Waals surface area contributed by atoms with Gasteiger partial charge in [-0.2, -0.15) is 5.10 Å². The number of nitrogens with zero attached hydrogens (tertiary/aromatic N) is 4. The normalized spacial score (nSPS) is 12.8. The smallest absolute Gasteiger partial charge is 0.227 e. The van der Waals surface area contributed by atoms with Crippen molar-refractivity contribution in [1.29, 1.82) is 0 Å². The third-order valence-corrected chi connectivity index (χ3v) is 5.77. The zero-order valence-electron chi connectivity index (χ0n) is 18.4. The average molecular weight is 427 g/mol. The maximum absolute atomic E-state index is 13.0. The highest BCUT2D eigenvalue weighted by Gasteiger charge is 2.31. The highest BCUT2D eigenvalue weighted by molar-refractivity contribution is 5.79. The van der Waals surface area contributed by atoms with Crippen LogP contribution in [0.3, 0.4) is 0 Å². The zero-order valence-corrected chi connectivity index (χ0v) is 18.4. The first-order valence-electron chi connectivity index (χ1n) is 10.9. The molecule has 0 bridgehead atoms. The van der Waals surface area contributed by atoms with Gasteiger partial charge in [-0.05, 0) is 61.4 Å². The van der Waals surface area contributed by atoms with E-state index in [1.165, 1.54) is 5.56 Å². The molecular formula is C26H26N4O2. The molecule has 1 aliphatic rings. The number of aryl methyl sites for hydroxylation is 1. The first-order valence-corrected chi connectivity index (χ1v) is 10.9. The number of fused-ring (bicyclic) bond motifs is 1. The van der Waals surface area contributed by atoms with Crippen molar-refractivity contribution in [3.63, 3.8) is 0 Å². The summed E-state index contributed by atoms with van der Waals surface area (Å²) in [5.41, 5.74) is 5.25. The van der Waals surface area contributed by atoms with Gasteiger partial charge in [0.2, 0.25) is 5.91 Å².